The van der Waals surface area contributed by atoms with Crippen molar-refractivity contribution in [2.45, 2.75) is 26.4 Å². The Morgan fingerprint density at radius 3 is 3.00 bits per heavy atom. The highest BCUT2D eigenvalue weighted by atomic mass is 16.5. The first-order valence-electron chi connectivity index (χ1n) is 6.73. The zero-order chi connectivity index (χ0) is 15.2. The van der Waals surface area contributed by atoms with Gasteiger partial charge in [-0.05, 0) is 26.0 Å². The maximum absolute atomic E-state index is 11.9. The smallest absolute Gasteiger partial charge is 0.319 e. The number of hydrogen-bond donors (Lipinski definition) is 2. The molecule has 0 radical (unpaired) electrons. The van der Waals surface area contributed by atoms with Gasteiger partial charge in [-0.3, -0.25) is 4.68 Å². The lowest BCUT2D eigenvalue weighted by Crippen LogP contribution is -2.30. The molecule has 2 aromatic heterocycles. The Morgan fingerprint density at radius 2 is 2.33 bits per heavy atom. The molecule has 0 saturated heterocycles. The van der Waals surface area contributed by atoms with Crippen molar-refractivity contribution >= 4 is 11.7 Å². The van der Waals surface area contributed by atoms with Gasteiger partial charge < -0.3 is 19.8 Å². The van der Waals surface area contributed by atoms with Crippen LogP contribution >= 0.6 is 0 Å². The van der Waals surface area contributed by atoms with E-state index in [0.717, 1.165) is 11.5 Å². The first-order valence-corrected chi connectivity index (χ1v) is 6.73. The minimum absolute atomic E-state index is 0.206. The summed E-state index contributed by atoms with van der Waals surface area (Å²) in [5, 5.41) is 9.66. The Bertz CT molecular complexity index is 591. The van der Waals surface area contributed by atoms with E-state index in [1.807, 2.05) is 26.0 Å². The molecule has 2 heterocycles. The van der Waals surface area contributed by atoms with Gasteiger partial charge in [0, 0.05) is 13.3 Å². The lowest BCUT2D eigenvalue weighted by Gasteiger charge is -2.11. The number of furan rings is 1. The van der Waals surface area contributed by atoms with Gasteiger partial charge in [-0.15, -0.1) is 0 Å². The highest BCUT2D eigenvalue weighted by Gasteiger charge is 2.13. The number of carbonyl (C=O) groups is 1. The molecule has 7 nitrogen and oxygen atoms in total. The van der Waals surface area contributed by atoms with Crippen LogP contribution in [0.1, 0.15) is 24.5 Å². The second-order valence-electron chi connectivity index (χ2n) is 4.75. The minimum atomic E-state index is -0.303. The first kappa shape index (κ1) is 15.1. The molecule has 0 aromatic carbocycles. The molecule has 0 bridgehead atoms. The average Bonchev–Trinajstić information content (AvgIpc) is 3.05. The van der Waals surface area contributed by atoms with E-state index in [9.17, 15) is 4.79 Å². The molecule has 0 aliphatic heterocycles. The van der Waals surface area contributed by atoms with Gasteiger partial charge in [0.15, 0.2) is 0 Å². The summed E-state index contributed by atoms with van der Waals surface area (Å²) < 4.78 is 12.1. The average molecular weight is 292 g/mol. The minimum Gasteiger partial charge on any atom is -0.464 e. The van der Waals surface area contributed by atoms with E-state index in [-0.39, 0.29) is 12.1 Å². The van der Waals surface area contributed by atoms with Gasteiger partial charge in [0.05, 0.1) is 31.1 Å². The van der Waals surface area contributed by atoms with Crippen LogP contribution in [0.15, 0.2) is 28.9 Å². The number of hydrogen-bond acceptors (Lipinski definition) is 4. The third-order valence-corrected chi connectivity index (χ3v) is 2.95. The summed E-state index contributed by atoms with van der Waals surface area (Å²) in [6.45, 7) is 4.94. The van der Waals surface area contributed by atoms with Gasteiger partial charge in [-0.1, -0.05) is 0 Å². The Morgan fingerprint density at radius 1 is 1.52 bits per heavy atom. The number of nitrogens with zero attached hydrogens (tertiary/aromatic N) is 2. The van der Waals surface area contributed by atoms with Crippen LogP contribution in [0.3, 0.4) is 0 Å². The molecule has 0 aliphatic rings. The van der Waals surface area contributed by atoms with Crippen LogP contribution in [0, 0.1) is 6.92 Å². The van der Waals surface area contributed by atoms with Gasteiger partial charge >= 0.3 is 6.03 Å². The van der Waals surface area contributed by atoms with Gasteiger partial charge in [0.1, 0.15) is 11.5 Å². The van der Waals surface area contributed by atoms with Crippen molar-refractivity contribution in [3.63, 3.8) is 0 Å². The molecule has 21 heavy (non-hydrogen) atoms. The van der Waals surface area contributed by atoms with Crippen LogP contribution in [0.5, 0.6) is 0 Å². The van der Waals surface area contributed by atoms with E-state index >= 15 is 0 Å². The van der Waals surface area contributed by atoms with Crippen molar-refractivity contribution in [1.29, 1.82) is 0 Å². The third-order valence-electron chi connectivity index (χ3n) is 2.95. The molecule has 0 unspecified atom stereocenters. The fraction of sp³-hybridized carbons (Fsp3) is 0.429. The largest absolute Gasteiger partial charge is 0.464 e. The molecule has 0 aliphatic carbocycles. The van der Waals surface area contributed by atoms with Crippen LogP contribution in [-0.4, -0.2) is 29.5 Å². The quantitative estimate of drug-likeness (QED) is 0.856. The molecule has 2 rings (SSSR count). The van der Waals surface area contributed by atoms with Crippen molar-refractivity contribution in [2.24, 2.45) is 0 Å². The van der Waals surface area contributed by atoms with Gasteiger partial charge in [-0.25, -0.2) is 4.79 Å². The molecule has 1 atom stereocenters. The van der Waals surface area contributed by atoms with Crippen LogP contribution in [0.25, 0.3) is 0 Å². The molecule has 0 fully saturated rings. The molecule has 7 heteroatoms. The van der Waals surface area contributed by atoms with Crippen molar-refractivity contribution in [3.8, 4) is 0 Å². The molecule has 2 aromatic rings. The van der Waals surface area contributed by atoms with Crippen LogP contribution < -0.4 is 10.6 Å². The van der Waals surface area contributed by atoms with Gasteiger partial charge in [0.2, 0.25) is 0 Å². The number of nitrogens with one attached hydrogen (secondary N) is 2. The number of aryl methyl sites for hydroxylation is 1. The van der Waals surface area contributed by atoms with Gasteiger partial charge in [0.25, 0.3) is 0 Å². The van der Waals surface area contributed by atoms with E-state index in [4.69, 9.17) is 9.15 Å². The summed E-state index contributed by atoms with van der Waals surface area (Å²) in [5.74, 6) is 1.54. The number of aromatic nitrogens is 2. The number of urea groups is 1. The first-order chi connectivity index (χ1) is 10.1. The van der Waals surface area contributed by atoms with E-state index in [0.29, 0.717) is 18.8 Å². The van der Waals surface area contributed by atoms with Crippen molar-refractivity contribution in [3.05, 3.63) is 36.0 Å². The lowest BCUT2D eigenvalue weighted by molar-refractivity contribution is 0.183. The van der Waals surface area contributed by atoms with E-state index in [1.165, 1.54) is 0 Å². The SMILES string of the molecule is COCCn1cc(NC(=O)N[C@@H](C)c2ccc(C)o2)cn1. The predicted octanol–water partition coefficient (Wildman–Crippen LogP) is 2.31. The maximum Gasteiger partial charge on any atom is 0.319 e. The zero-order valence-electron chi connectivity index (χ0n) is 12.4. The van der Waals surface area contributed by atoms with Crippen molar-refractivity contribution in [1.82, 2.24) is 15.1 Å². The van der Waals surface area contributed by atoms with Crippen LogP contribution in [0.4, 0.5) is 10.5 Å². The van der Waals surface area contributed by atoms with Gasteiger partial charge in [-0.2, -0.15) is 5.10 Å². The summed E-state index contributed by atoms with van der Waals surface area (Å²) >= 11 is 0. The highest BCUT2D eigenvalue weighted by molar-refractivity contribution is 5.89. The Labute approximate surface area is 123 Å². The molecule has 2 N–H and O–H groups in total. The monoisotopic (exact) mass is 292 g/mol. The number of methoxy groups -OCH3 is 1. The normalized spacial score (nSPS) is 12.1. The maximum atomic E-state index is 11.9. The Balaban J connectivity index is 1.85. The summed E-state index contributed by atoms with van der Waals surface area (Å²) in [4.78, 5) is 11.9. The van der Waals surface area contributed by atoms with E-state index in [1.54, 1.807) is 24.2 Å². The molecular formula is C14H20N4O3. The summed E-state index contributed by atoms with van der Waals surface area (Å²) in [7, 11) is 1.63. The van der Waals surface area contributed by atoms with E-state index in [2.05, 4.69) is 15.7 Å². The number of carbonyl (C=O) groups excluding carboxylic acids is 1. The second kappa shape index (κ2) is 6.94. The zero-order valence-corrected chi connectivity index (χ0v) is 12.4. The number of rotatable bonds is 6. The molecule has 114 valence electrons. The standard InChI is InChI=1S/C14H20N4O3/c1-10-4-5-13(21-10)11(2)16-14(19)17-12-8-15-18(9-12)6-7-20-3/h4-5,8-9,11H,6-7H2,1-3H3,(H2,16,17,19)/t11-/m0/s1. The predicted molar refractivity (Wildman–Crippen MR) is 78.1 cm³/mol. The van der Waals surface area contributed by atoms with Crippen LogP contribution in [-0.2, 0) is 11.3 Å². The van der Waals surface area contributed by atoms with Crippen LogP contribution in [0.2, 0.25) is 0 Å². The summed E-state index contributed by atoms with van der Waals surface area (Å²) in [6.07, 6.45) is 3.34. The summed E-state index contributed by atoms with van der Waals surface area (Å²) in [5.41, 5.74) is 0.631. The Hall–Kier alpha value is -2.28. The number of amides is 2. The highest BCUT2D eigenvalue weighted by Crippen LogP contribution is 2.15. The second-order valence-corrected chi connectivity index (χ2v) is 4.75. The number of anilines is 1. The topological polar surface area (TPSA) is 81.3 Å². The van der Waals surface area contributed by atoms with Crippen molar-refractivity contribution in [2.75, 3.05) is 19.0 Å². The molecular weight excluding hydrogens is 272 g/mol. The number of ether oxygens (including phenoxy) is 1. The lowest BCUT2D eigenvalue weighted by atomic mass is 10.2. The Kier molecular flexibility index (Phi) is 4.99. The van der Waals surface area contributed by atoms with Crippen molar-refractivity contribution < 1.29 is 13.9 Å². The fourth-order valence-corrected chi connectivity index (χ4v) is 1.86. The fourth-order valence-electron chi connectivity index (χ4n) is 1.86. The van der Waals surface area contributed by atoms with E-state index < -0.39 is 0 Å². The summed E-state index contributed by atoms with van der Waals surface area (Å²) in [6, 6.07) is 3.21. The molecule has 0 spiro atoms. The molecule has 2 amide bonds. The molecule has 0 saturated carbocycles. The third kappa shape index (κ3) is 4.35.